The van der Waals surface area contributed by atoms with Crippen molar-refractivity contribution in [1.82, 2.24) is 0 Å². The molecule has 1 aromatic rings. The van der Waals surface area contributed by atoms with Gasteiger partial charge in [-0.2, -0.15) is 0 Å². The third-order valence-corrected chi connectivity index (χ3v) is 3.50. The Morgan fingerprint density at radius 2 is 2.06 bits per heavy atom. The van der Waals surface area contributed by atoms with Crippen LogP contribution in [0.15, 0.2) is 24.3 Å². The Morgan fingerprint density at radius 3 is 2.65 bits per heavy atom. The summed E-state index contributed by atoms with van der Waals surface area (Å²) in [6, 6.07) is 8.21. The quantitative estimate of drug-likeness (QED) is 0.778. The second-order valence-corrected chi connectivity index (χ2v) is 4.69. The topological polar surface area (TPSA) is 26.3 Å². The van der Waals surface area contributed by atoms with Crippen LogP contribution in [0.2, 0.25) is 0 Å². The Morgan fingerprint density at radius 1 is 1.29 bits per heavy atom. The number of carbonyl (C=O) groups excluding carboxylic acids is 1. The summed E-state index contributed by atoms with van der Waals surface area (Å²) in [5, 5.41) is 0. The minimum atomic E-state index is 0.255. The second kappa shape index (κ2) is 5.85. The van der Waals surface area contributed by atoms with Gasteiger partial charge in [-0.3, -0.25) is 4.79 Å². The molecule has 1 aliphatic carbocycles. The number of carbonyl (C=O) groups is 1. The number of Topliss-reactive ketones (excluding diaryl/α,β-unsaturated/α-hetero) is 1. The fourth-order valence-corrected chi connectivity index (χ4v) is 2.33. The molecule has 1 saturated carbocycles. The highest BCUT2D eigenvalue weighted by molar-refractivity contribution is 5.82. The van der Waals surface area contributed by atoms with E-state index >= 15 is 0 Å². The van der Waals surface area contributed by atoms with E-state index in [9.17, 15) is 4.79 Å². The average molecular weight is 232 g/mol. The molecular formula is C15H20O2. The Bertz CT molecular complexity index is 367. The van der Waals surface area contributed by atoms with Crippen LogP contribution in [0.1, 0.15) is 38.2 Å². The van der Waals surface area contributed by atoms with Gasteiger partial charge in [-0.25, -0.2) is 0 Å². The highest BCUT2D eigenvalue weighted by Gasteiger charge is 2.23. The van der Waals surface area contributed by atoms with Gasteiger partial charge in [0, 0.05) is 12.3 Å². The molecule has 1 aromatic carbocycles. The Kier molecular flexibility index (Phi) is 4.18. The first kappa shape index (κ1) is 12.2. The van der Waals surface area contributed by atoms with Crippen molar-refractivity contribution < 1.29 is 9.53 Å². The van der Waals surface area contributed by atoms with Crippen LogP contribution in [0.5, 0.6) is 5.75 Å². The number of benzene rings is 1. The maximum Gasteiger partial charge on any atom is 0.136 e. The molecule has 1 fully saturated rings. The molecule has 1 atom stereocenters. The van der Waals surface area contributed by atoms with E-state index in [1.165, 1.54) is 5.56 Å². The van der Waals surface area contributed by atoms with Crippen molar-refractivity contribution in [1.29, 1.82) is 0 Å². The Labute approximate surface area is 103 Å². The Hall–Kier alpha value is -1.31. The smallest absolute Gasteiger partial charge is 0.136 e. The number of hydrogen-bond acceptors (Lipinski definition) is 2. The summed E-state index contributed by atoms with van der Waals surface area (Å²) in [4.78, 5) is 11.4. The van der Waals surface area contributed by atoms with Crippen molar-refractivity contribution in [3.05, 3.63) is 29.8 Å². The molecule has 0 radical (unpaired) electrons. The van der Waals surface area contributed by atoms with Crippen LogP contribution < -0.4 is 4.74 Å². The first-order valence-electron chi connectivity index (χ1n) is 6.54. The maximum atomic E-state index is 11.4. The second-order valence-electron chi connectivity index (χ2n) is 4.69. The van der Waals surface area contributed by atoms with Gasteiger partial charge >= 0.3 is 0 Å². The zero-order valence-corrected chi connectivity index (χ0v) is 10.4. The summed E-state index contributed by atoms with van der Waals surface area (Å²) in [5.41, 5.74) is 1.32. The van der Waals surface area contributed by atoms with Gasteiger partial charge in [0.2, 0.25) is 0 Å². The van der Waals surface area contributed by atoms with Gasteiger partial charge in [-0.15, -0.1) is 0 Å². The van der Waals surface area contributed by atoms with E-state index in [0.717, 1.165) is 37.9 Å². The number of ether oxygens (including phenoxy) is 1. The first-order chi connectivity index (χ1) is 8.29. The molecule has 92 valence electrons. The lowest BCUT2D eigenvalue weighted by atomic mass is 10.0. The molecule has 0 heterocycles. The Balaban J connectivity index is 1.75. The van der Waals surface area contributed by atoms with Gasteiger partial charge in [0.1, 0.15) is 11.5 Å². The van der Waals surface area contributed by atoms with Crippen molar-refractivity contribution >= 4 is 5.78 Å². The van der Waals surface area contributed by atoms with Gasteiger partial charge in [0.05, 0.1) is 6.61 Å². The van der Waals surface area contributed by atoms with E-state index < -0.39 is 0 Å². The van der Waals surface area contributed by atoms with E-state index in [2.05, 4.69) is 19.1 Å². The van der Waals surface area contributed by atoms with Crippen molar-refractivity contribution in [2.45, 2.75) is 39.0 Å². The van der Waals surface area contributed by atoms with Crippen LogP contribution in [0, 0.1) is 5.92 Å². The van der Waals surface area contributed by atoms with E-state index in [-0.39, 0.29) is 5.92 Å². The van der Waals surface area contributed by atoms with E-state index in [1.54, 1.807) is 0 Å². The van der Waals surface area contributed by atoms with Crippen LogP contribution in [0.25, 0.3) is 0 Å². The fourth-order valence-electron chi connectivity index (χ4n) is 2.33. The molecule has 0 saturated heterocycles. The summed E-state index contributed by atoms with van der Waals surface area (Å²) in [6.45, 7) is 2.80. The van der Waals surface area contributed by atoms with Gasteiger partial charge in [0.25, 0.3) is 0 Å². The van der Waals surface area contributed by atoms with Crippen LogP contribution in [0.4, 0.5) is 0 Å². The molecule has 0 spiro atoms. The van der Waals surface area contributed by atoms with E-state index in [4.69, 9.17) is 4.74 Å². The van der Waals surface area contributed by atoms with Crippen molar-refractivity contribution in [2.24, 2.45) is 5.92 Å². The predicted molar refractivity (Wildman–Crippen MR) is 68.3 cm³/mol. The highest BCUT2D eigenvalue weighted by atomic mass is 16.5. The summed E-state index contributed by atoms with van der Waals surface area (Å²) >= 11 is 0. The summed E-state index contributed by atoms with van der Waals surface area (Å²) < 4.78 is 5.66. The van der Waals surface area contributed by atoms with Crippen molar-refractivity contribution in [3.8, 4) is 5.75 Å². The van der Waals surface area contributed by atoms with Gasteiger partial charge < -0.3 is 4.74 Å². The SMILES string of the molecule is CCc1ccc(OCCC2CCCC2=O)cc1. The molecule has 2 nitrogen and oxygen atoms in total. The van der Waals surface area contributed by atoms with Gasteiger partial charge in [-0.1, -0.05) is 19.1 Å². The molecule has 17 heavy (non-hydrogen) atoms. The number of rotatable bonds is 5. The lowest BCUT2D eigenvalue weighted by Gasteiger charge is -2.10. The molecule has 1 aliphatic rings. The molecule has 0 N–H and O–H groups in total. The molecule has 0 amide bonds. The molecule has 1 unspecified atom stereocenters. The maximum absolute atomic E-state index is 11.4. The molecule has 0 aliphatic heterocycles. The number of ketones is 1. The lowest BCUT2D eigenvalue weighted by Crippen LogP contribution is -2.11. The predicted octanol–water partition coefficient (Wildman–Crippen LogP) is 3.39. The molecular weight excluding hydrogens is 212 g/mol. The third-order valence-electron chi connectivity index (χ3n) is 3.50. The zero-order valence-electron chi connectivity index (χ0n) is 10.4. The summed E-state index contributed by atoms with van der Waals surface area (Å²) in [7, 11) is 0. The van der Waals surface area contributed by atoms with Gasteiger partial charge in [-0.05, 0) is 43.4 Å². The van der Waals surface area contributed by atoms with Crippen LogP contribution in [0.3, 0.4) is 0 Å². The standard InChI is InChI=1S/C15H20O2/c1-2-12-6-8-14(9-7-12)17-11-10-13-4-3-5-15(13)16/h6-9,13H,2-5,10-11H2,1H3. The lowest BCUT2D eigenvalue weighted by molar-refractivity contribution is -0.121. The fraction of sp³-hybridized carbons (Fsp3) is 0.533. The summed E-state index contributed by atoms with van der Waals surface area (Å²) in [5.74, 6) is 1.59. The van der Waals surface area contributed by atoms with Crippen LogP contribution in [-0.2, 0) is 11.2 Å². The van der Waals surface area contributed by atoms with Gasteiger partial charge in [0.15, 0.2) is 0 Å². The molecule has 0 aromatic heterocycles. The third kappa shape index (κ3) is 3.32. The van der Waals surface area contributed by atoms with Crippen LogP contribution >= 0.6 is 0 Å². The minimum absolute atomic E-state index is 0.255. The van der Waals surface area contributed by atoms with Crippen molar-refractivity contribution in [2.75, 3.05) is 6.61 Å². The monoisotopic (exact) mass is 232 g/mol. The number of aryl methyl sites for hydroxylation is 1. The average Bonchev–Trinajstić information content (AvgIpc) is 2.76. The van der Waals surface area contributed by atoms with Crippen molar-refractivity contribution in [3.63, 3.8) is 0 Å². The highest BCUT2D eigenvalue weighted by Crippen LogP contribution is 2.24. The summed E-state index contributed by atoms with van der Waals surface area (Å²) in [6.07, 6.45) is 4.81. The number of hydrogen-bond donors (Lipinski definition) is 0. The minimum Gasteiger partial charge on any atom is -0.494 e. The van der Waals surface area contributed by atoms with E-state index in [0.29, 0.717) is 12.4 Å². The van der Waals surface area contributed by atoms with E-state index in [1.807, 2.05) is 12.1 Å². The zero-order chi connectivity index (χ0) is 12.1. The molecule has 2 rings (SSSR count). The normalized spacial score (nSPS) is 19.6. The molecule has 2 heteroatoms. The molecule has 0 bridgehead atoms. The largest absolute Gasteiger partial charge is 0.494 e. The first-order valence-corrected chi connectivity index (χ1v) is 6.54. The van der Waals surface area contributed by atoms with Crippen LogP contribution in [-0.4, -0.2) is 12.4 Å².